The summed E-state index contributed by atoms with van der Waals surface area (Å²) >= 11 is 0. The third-order valence-electron chi connectivity index (χ3n) is 3.75. The molecular weight excluding hydrogens is 288 g/mol. The highest BCUT2D eigenvalue weighted by Gasteiger charge is 2.14. The molecule has 3 heteroatoms. The van der Waals surface area contributed by atoms with E-state index in [1.807, 2.05) is 30.3 Å². The molecule has 0 aliphatic carbocycles. The van der Waals surface area contributed by atoms with Crippen LogP contribution in [0.4, 0.5) is 0 Å². The zero-order chi connectivity index (χ0) is 16.5. The topological polar surface area (TPSA) is 46.5 Å². The van der Waals surface area contributed by atoms with Crippen molar-refractivity contribution in [3.63, 3.8) is 0 Å². The van der Waals surface area contributed by atoms with Crippen LogP contribution in [0.25, 0.3) is 0 Å². The van der Waals surface area contributed by atoms with Crippen molar-refractivity contribution in [1.29, 1.82) is 0 Å². The molecule has 0 aliphatic heterocycles. The molecule has 0 aliphatic rings. The summed E-state index contributed by atoms with van der Waals surface area (Å²) in [6.07, 6.45) is 6.70. The summed E-state index contributed by atoms with van der Waals surface area (Å²) in [5.41, 5.74) is 2.09. The number of hydrogen-bond donors (Lipinski definition) is 1. The van der Waals surface area contributed by atoms with Crippen molar-refractivity contribution in [3.8, 4) is 12.3 Å². The van der Waals surface area contributed by atoms with E-state index in [-0.39, 0.29) is 19.1 Å². The van der Waals surface area contributed by atoms with Crippen LogP contribution in [0.5, 0.6) is 0 Å². The van der Waals surface area contributed by atoms with Gasteiger partial charge in [-0.3, -0.25) is 0 Å². The van der Waals surface area contributed by atoms with Crippen LogP contribution in [0, 0.1) is 12.3 Å². The predicted octanol–water partition coefficient (Wildman–Crippen LogP) is 3.38. The number of benzene rings is 2. The molecule has 2 aromatic carbocycles. The van der Waals surface area contributed by atoms with Crippen molar-refractivity contribution < 1.29 is 14.6 Å². The van der Waals surface area contributed by atoms with E-state index in [0.29, 0.717) is 24.0 Å². The summed E-state index contributed by atoms with van der Waals surface area (Å²) in [5, 5.41) is 9.22. The zero-order valence-corrected chi connectivity index (χ0v) is 12.9. The van der Waals surface area contributed by atoms with E-state index in [1.165, 1.54) is 0 Å². The summed E-state index contributed by atoms with van der Waals surface area (Å²) in [6, 6.07) is 16.9. The van der Waals surface area contributed by atoms with Crippen molar-refractivity contribution in [2.45, 2.75) is 18.8 Å². The number of esters is 1. The van der Waals surface area contributed by atoms with Crippen molar-refractivity contribution in [3.05, 3.63) is 71.3 Å². The van der Waals surface area contributed by atoms with E-state index < -0.39 is 5.97 Å². The molecule has 0 amide bonds. The third-order valence-corrected chi connectivity index (χ3v) is 3.75. The van der Waals surface area contributed by atoms with E-state index in [0.717, 1.165) is 5.56 Å². The predicted molar refractivity (Wildman–Crippen MR) is 90.2 cm³/mol. The average Bonchev–Trinajstić information content (AvgIpc) is 2.61. The second-order valence-corrected chi connectivity index (χ2v) is 5.23. The van der Waals surface area contributed by atoms with Crippen molar-refractivity contribution in [2.24, 2.45) is 0 Å². The molecule has 1 N–H and O–H groups in total. The zero-order valence-electron chi connectivity index (χ0n) is 12.9. The molecule has 118 valence electrons. The molecule has 1 atom stereocenters. The van der Waals surface area contributed by atoms with Gasteiger partial charge in [0.1, 0.15) is 0 Å². The number of carbonyl (C=O) groups is 1. The molecule has 0 radical (unpaired) electrons. The smallest absolute Gasteiger partial charge is 0.339 e. The minimum atomic E-state index is -0.408. The molecule has 3 nitrogen and oxygen atoms in total. The fraction of sp³-hybridized carbons (Fsp3) is 0.250. The summed E-state index contributed by atoms with van der Waals surface area (Å²) in [6.45, 7) is 0.394. The van der Waals surface area contributed by atoms with Crippen LogP contribution in [-0.2, 0) is 4.74 Å². The summed E-state index contributed by atoms with van der Waals surface area (Å²) in [4.78, 5) is 12.1. The molecule has 2 aromatic rings. The molecule has 0 spiro atoms. The number of terminal acetylenes is 1. The first-order valence-corrected chi connectivity index (χ1v) is 7.65. The Morgan fingerprint density at radius 3 is 2.48 bits per heavy atom. The molecule has 0 fully saturated rings. The maximum Gasteiger partial charge on any atom is 0.339 e. The standard InChI is InChI=1S/C20H20O3/c1-2-16-8-6-7-11-19(16)20(22)23-15-13-18(12-14-21)17-9-4-3-5-10-17/h1,3-11,18,21H,12-15H2. The Balaban J connectivity index is 1.95. The van der Waals surface area contributed by atoms with E-state index in [9.17, 15) is 9.90 Å². The number of hydrogen-bond acceptors (Lipinski definition) is 3. The molecular formula is C20H20O3. The quantitative estimate of drug-likeness (QED) is 0.630. The largest absolute Gasteiger partial charge is 0.462 e. The van der Waals surface area contributed by atoms with E-state index in [4.69, 9.17) is 11.2 Å². The highest BCUT2D eigenvalue weighted by atomic mass is 16.5. The fourth-order valence-corrected chi connectivity index (χ4v) is 2.52. The lowest BCUT2D eigenvalue weighted by Gasteiger charge is -2.16. The molecule has 0 bridgehead atoms. The SMILES string of the molecule is C#Cc1ccccc1C(=O)OCCC(CCO)c1ccccc1. The van der Waals surface area contributed by atoms with Gasteiger partial charge in [0.05, 0.1) is 12.2 Å². The fourth-order valence-electron chi connectivity index (χ4n) is 2.52. The monoisotopic (exact) mass is 308 g/mol. The Labute approximate surface area is 136 Å². The first-order valence-electron chi connectivity index (χ1n) is 7.65. The average molecular weight is 308 g/mol. The van der Waals surface area contributed by atoms with Crippen LogP contribution in [-0.4, -0.2) is 24.3 Å². The van der Waals surface area contributed by atoms with Gasteiger partial charge in [0, 0.05) is 12.2 Å². The van der Waals surface area contributed by atoms with Crippen LogP contribution >= 0.6 is 0 Å². The summed E-state index contributed by atoms with van der Waals surface area (Å²) < 4.78 is 5.35. The lowest BCUT2D eigenvalue weighted by molar-refractivity contribution is 0.0490. The van der Waals surface area contributed by atoms with E-state index in [2.05, 4.69) is 5.92 Å². The van der Waals surface area contributed by atoms with Gasteiger partial charge in [0.15, 0.2) is 0 Å². The van der Waals surface area contributed by atoms with Gasteiger partial charge in [0.2, 0.25) is 0 Å². The Morgan fingerprint density at radius 2 is 1.78 bits per heavy atom. The van der Waals surface area contributed by atoms with Crippen molar-refractivity contribution in [1.82, 2.24) is 0 Å². The Morgan fingerprint density at radius 1 is 1.09 bits per heavy atom. The van der Waals surface area contributed by atoms with Crippen LogP contribution in [0.2, 0.25) is 0 Å². The Bertz CT molecular complexity index is 671. The molecule has 0 aromatic heterocycles. The van der Waals surface area contributed by atoms with Gasteiger partial charge in [0.25, 0.3) is 0 Å². The first kappa shape index (κ1) is 16.8. The first-order chi connectivity index (χ1) is 11.3. The van der Waals surface area contributed by atoms with Gasteiger partial charge >= 0.3 is 5.97 Å². The molecule has 1 unspecified atom stereocenters. The summed E-state index contributed by atoms with van der Waals surface area (Å²) in [5.74, 6) is 2.24. The van der Waals surface area contributed by atoms with Crippen LogP contribution in [0.1, 0.15) is 40.2 Å². The van der Waals surface area contributed by atoms with Crippen LogP contribution < -0.4 is 0 Å². The maximum atomic E-state index is 12.1. The number of carbonyl (C=O) groups excluding carboxylic acids is 1. The van der Waals surface area contributed by atoms with Crippen LogP contribution in [0.3, 0.4) is 0 Å². The third kappa shape index (κ3) is 4.70. The Kier molecular flexibility index (Phi) is 6.40. The lowest BCUT2D eigenvalue weighted by atomic mass is 9.93. The minimum Gasteiger partial charge on any atom is -0.462 e. The maximum absolute atomic E-state index is 12.1. The van der Waals surface area contributed by atoms with E-state index in [1.54, 1.807) is 24.3 Å². The number of ether oxygens (including phenoxy) is 1. The number of aliphatic hydroxyl groups is 1. The van der Waals surface area contributed by atoms with Crippen molar-refractivity contribution in [2.75, 3.05) is 13.2 Å². The van der Waals surface area contributed by atoms with Crippen LogP contribution in [0.15, 0.2) is 54.6 Å². The number of rotatable bonds is 7. The lowest BCUT2D eigenvalue weighted by Crippen LogP contribution is -2.11. The minimum absolute atomic E-state index is 0.105. The number of aliphatic hydroxyl groups excluding tert-OH is 1. The normalized spacial score (nSPS) is 11.5. The highest BCUT2D eigenvalue weighted by Crippen LogP contribution is 2.23. The van der Waals surface area contributed by atoms with Gasteiger partial charge in [-0.1, -0.05) is 48.4 Å². The van der Waals surface area contributed by atoms with Gasteiger partial charge in [-0.2, -0.15) is 0 Å². The van der Waals surface area contributed by atoms with Gasteiger partial charge in [-0.15, -0.1) is 6.42 Å². The molecule has 0 saturated carbocycles. The molecule has 23 heavy (non-hydrogen) atoms. The summed E-state index contributed by atoms with van der Waals surface area (Å²) in [7, 11) is 0. The molecule has 2 rings (SSSR count). The van der Waals surface area contributed by atoms with Crippen molar-refractivity contribution >= 4 is 5.97 Å². The molecule has 0 heterocycles. The second kappa shape index (κ2) is 8.77. The van der Waals surface area contributed by atoms with Gasteiger partial charge < -0.3 is 9.84 Å². The van der Waals surface area contributed by atoms with Gasteiger partial charge in [-0.25, -0.2) is 4.79 Å². The second-order valence-electron chi connectivity index (χ2n) is 5.23. The molecule has 0 saturated heterocycles. The highest BCUT2D eigenvalue weighted by molar-refractivity contribution is 5.92. The van der Waals surface area contributed by atoms with E-state index >= 15 is 0 Å². The Hall–Kier alpha value is -2.57. The van der Waals surface area contributed by atoms with Gasteiger partial charge in [-0.05, 0) is 36.5 Å².